The van der Waals surface area contributed by atoms with Crippen LogP contribution in [0.15, 0.2) is 0 Å². The van der Waals surface area contributed by atoms with Crippen molar-refractivity contribution < 1.29 is 4.74 Å². The van der Waals surface area contributed by atoms with Crippen LogP contribution in [-0.4, -0.2) is 25.8 Å². The molecule has 0 aromatic carbocycles. The molecule has 0 unspecified atom stereocenters. The fourth-order valence-electron chi connectivity index (χ4n) is 3.30. The summed E-state index contributed by atoms with van der Waals surface area (Å²) in [4.78, 5) is 0. The molecular weight excluding hydrogens is 258 g/mol. The van der Waals surface area contributed by atoms with E-state index in [1.165, 1.54) is 83.6 Å². The lowest BCUT2D eigenvalue weighted by Gasteiger charge is -2.26. The van der Waals surface area contributed by atoms with E-state index in [1.807, 2.05) is 0 Å². The van der Waals surface area contributed by atoms with Crippen molar-refractivity contribution in [2.45, 2.75) is 96.9 Å². The van der Waals surface area contributed by atoms with Crippen LogP contribution >= 0.6 is 0 Å². The minimum absolute atomic E-state index is 0.715. The summed E-state index contributed by atoms with van der Waals surface area (Å²) >= 11 is 0. The van der Waals surface area contributed by atoms with Crippen molar-refractivity contribution in [2.75, 3.05) is 19.8 Å². The molecule has 126 valence electrons. The monoisotopic (exact) mass is 297 g/mol. The summed E-state index contributed by atoms with van der Waals surface area (Å²) in [5.41, 5.74) is 0. The first-order valence-corrected chi connectivity index (χ1v) is 9.68. The van der Waals surface area contributed by atoms with E-state index in [1.54, 1.807) is 0 Å². The summed E-state index contributed by atoms with van der Waals surface area (Å²) in [6, 6.07) is 0.715. The average molecular weight is 298 g/mol. The molecular formula is C19H39NO. The smallest absolute Gasteiger partial charge is 0.0480 e. The maximum absolute atomic E-state index is 5.45. The molecule has 0 aromatic heterocycles. The van der Waals surface area contributed by atoms with Crippen LogP contribution in [0, 0.1) is 5.92 Å². The van der Waals surface area contributed by atoms with Crippen LogP contribution in [0.1, 0.15) is 90.9 Å². The minimum atomic E-state index is 0.715. The van der Waals surface area contributed by atoms with E-state index in [-0.39, 0.29) is 0 Å². The molecule has 1 aliphatic rings. The third-order valence-electron chi connectivity index (χ3n) is 4.85. The molecule has 1 rings (SSSR count). The molecule has 0 bridgehead atoms. The Morgan fingerprint density at radius 2 is 1.43 bits per heavy atom. The second-order valence-electron chi connectivity index (χ2n) is 6.86. The first kappa shape index (κ1) is 19.0. The summed E-state index contributed by atoms with van der Waals surface area (Å²) in [6.07, 6.45) is 16.5. The van der Waals surface area contributed by atoms with Crippen molar-refractivity contribution in [3.05, 3.63) is 0 Å². The van der Waals surface area contributed by atoms with Gasteiger partial charge in [-0.2, -0.15) is 0 Å². The van der Waals surface area contributed by atoms with Gasteiger partial charge in [0.05, 0.1) is 0 Å². The Morgan fingerprint density at radius 1 is 0.857 bits per heavy atom. The molecule has 21 heavy (non-hydrogen) atoms. The van der Waals surface area contributed by atoms with E-state index in [9.17, 15) is 0 Å². The quantitative estimate of drug-likeness (QED) is 0.465. The van der Waals surface area contributed by atoms with Crippen LogP contribution in [0.5, 0.6) is 0 Å². The lowest BCUT2D eigenvalue weighted by atomic mass is 9.94. The second-order valence-corrected chi connectivity index (χ2v) is 6.86. The molecule has 0 atom stereocenters. The van der Waals surface area contributed by atoms with Crippen LogP contribution in [0.3, 0.4) is 0 Å². The van der Waals surface area contributed by atoms with E-state index in [0.717, 1.165) is 19.1 Å². The van der Waals surface area contributed by atoms with Crippen LogP contribution < -0.4 is 5.32 Å². The summed E-state index contributed by atoms with van der Waals surface area (Å²) in [7, 11) is 0. The van der Waals surface area contributed by atoms with Crippen molar-refractivity contribution in [1.82, 2.24) is 5.32 Å². The van der Waals surface area contributed by atoms with Gasteiger partial charge in [0.1, 0.15) is 0 Å². The van der Waals surface area contributed by atoms with Crippen LogP contribution in [0.4, 0.5) is 0 Å². The molecule has 0 aliphatic carbocycles. The van der Waals surface area contributed by atoms with Gasteiger partial charge < -0.3 is 10.1 Å². The highest BCUT2D eigenvalue weighted by Gasteiger charge is 2.15. The highest BCUT2D eigenvalue weighted by molar-refractivity contribution is 4.73. The molecule has 0 spiro atoms. The number of nitrogens with one attached hydrogen (secondary N) is 1. The molecule has 0 aromatic rings. The highest BCUT2D eigenvalue weighted by atomic mass is 16.5. The number of unbranched alkanes of at least 4 members (excludes halogenated alkanes) is 6. The Kier molecular flexibility index (Phi) is 12.3. The predicted molar refractivity (Wildman–Crippen MR) is 92.9 cm³/mol. The topological polar surface area (TPSA) is 21.3 Å². The molecule has 0 radical (unpaired) electrons. The number of hydrogen-bond donors (Lipinski definition) is 1. The van der Waals surface area contributed by atoms with E-state index in [0.29, 0.717) is 6.04 Å². The molecule has 0 amide bonds. The van der Waals surface area contributed by atoms with Gasteiger partial charge in [0.2, 0.25) is 0 Å². The maximum Gasteiger partial charge on any atom is 0.0480 e. The third-order valence-corrected chi connectivity index (χ3v) is 4.85. The average Bonchev–Trinajstić information content (AvgIpc) is 2.53. The molecule has 1 aliphatic heterocycles. The zero-order chi connectivity index (χ0) is 15.2. The summed E-state index contributed by atoms with van der Waals surface area (Å²) in [5, 5.41) is 3.82. The number of ether oxygens (including phenoxy) is 1. The Morgan fingerprint density at radius 3 is 1.95 bits per heavy atom. The van der Waals surface area contributed by atoms with Gasteiger partial charge >= 0.3 is 0 Å². The number of hydrogen-bond acceptors (Lipinski definition) is 2. The van der Waals surface area contributed by atoms with Crippen molar-refractivity contribution >= 4 is 0 Å². The van der Waals surface area contributed by atoms with Crippen LogP contribution in [-0.2, 0) is 4.74 Å². The van der Waals surface area contributed by atoms with E-state index < -0.39 is 0 Å². The van der Waals surface area contributed by atoms with Crippen LogP contribution in [0.2, 0.25) is 0 Å². The highest BCUT2D eigenvalue weighted by Crippen LogP contribution is 2.18. The van der Waals surface area contributed by atoms with Gasteiger partial charge in [0.15, 0.2) is 0 Å². The van der Waals surface area contributed by atoms with Crippen molar-refractivity contribution in [3.63, 3.8) is 0 Å². The van der Waals surface area contributed by atoms with E-state index in [4.69, 9.17) is 4.74 Å². The van der Waals surface area contributed by atoms with Gasteiger partial charge in [0, 0.05) is 19.3 Å². The third kappa shape index (κ3) is 10.3. The lowest BCUT2D eigenvalue weighted by Crippen LogP contribution is -2.37. The Labute approximate surface area is 133 Å². The van der Waals surface area contributed by atoms with Gasteiger partial charge in [-0.05, 0) is 38.1 Å². The molecule has 1 saturated heterocycles. The Hall–Kier alpha value is -0.0800. The molecule has 2 heteroatoms. The van der Waals surface area contributed by atoms with Gasteiger partial charge in [-0.25, -0.2) is 0 Å². The molecule has 1 heterocycles. The SMILES string of the molecule is CCCCCCC(CCCCCC)CNC1CCOCC1. The zero-order valence-electron chi connectivity index (χ0n) is 14.7. The van der Waals surface area contributed by atoms with Gasteiger partial charge in [-0.1, -0.05) is 65.2 Å². The van der Waals surface area contributed by atoms with Crippen molar-refractivity contribution in [1.29, 1.82) is 0 Å². The fraction of sp³-hybridized carbons (Fsp3) is 1.00. The van der Waals surface area contributed by atoms with Crippen molar-refractivity contribution in [2.24, 2.45) is 5.92 Å². The minimum Gasteiger partial charge on any atom is -0.381 e. The molecule has 2 nitrogen and oxygen atoms in total. The van der Waals surface area contributed by atoms with Gasteiger partial charge in [0.25, 0.3) is 0 Å². The van der Waals surface area contributed by atoms with E-state index in [2.05, 4.69) is 19.2 Å². The summed E-state index contributed by atoms with van der Waals surface area (Å²) in [6.45, 7) is 7.75. The first-order valence-electron chi connectivity index (χ1n) is 9.68. The van der Waals surface area contributed by atoms with Gasteiger partial charge in [-0.3, -0.25) is 0 Å². The summed E-state index contributed by atoms with van der Waals surface area (Å²) in [5.74, 6) is 0.904. The molecule has 1 fully saturated rings. The van der Waals surface area contributed by atoms with E-state index >= 15 is 0 Å². The van der Waals surface area contributed by atoms with Crippen molar-refractivity contribution in [3.8, 4) is 0 Å². The summed E-state index contributed by atoms with van der Waals surface area (Å²) < 4.78 is 5.45. The van der Waals surface area contributed by atoms with Crippen LogP contribution in [0.25, 0.3) is 0 Å². The Bertz CT molecular complexity index is 202. The Balaban J connectivity index is 2.17. The zero-order valence-corrected chi connectivity index (χ0v) is 14.7. The number of rotatable bonds is 13. The standard InChI is InChI=1S/C19H39NO/c1-3-5-7-9-11-18(12-10-8-6-4-2)17-20-19-13-15-21-16-14-19/h18-20H,3-17H2,1-2H3. The largest absolute Gasteiger partial charge is 0.381 e. The predicted octanol–water partition coefficient (Wildman–Crippen LogP) is 5.31. The second kappa shape index (κ2) is 13.6. The maximum atomic E-state index is 5.45. The molecule has 1 N–H and O–H groups in total. The van der Waals surface area contributed by atoms with Gasteiger partial charge in [-0.15, -0.1) is 0 Å². The first-order chi connectivity index (χ1) is 10.4. The fourth-order valence-corrected chi connectivity index (χ4v) is 3.30. The molecule has 0 saturated carbocycles. The lowest BCUT2D eigenvalue weighted by molar-refractivity contribution is 0.0766. The normalized spacial score (nSPS) is 16.7.